The summed E-state index contributed by atoms with van der Waals surface area (Å²) in [4.78, 5) is 31.0. The molecule has 2 heterocycles. The van der Waals surface area contributed by atoms with Crippen molar-refractivity contribution in [2.75, 3.05) is 24.4 Å². The van der Waals surface area contributed by atoms with E-state index in [1.165, 1.54) is 40.2 Å². The first-order chi connectivity index (χ1) is 15.5. The van der Waals surface area contributed by atoms with Gasteiger partial charge in [0.15, 0.2) is 5.82 Å². The Labute approximate surface area is 186 Å². The minimum Gasteiger partial charge on any atom is -0.452 e. The van der Waals surface area contributed by atoms with Gasteiger partial charge in [0.2, 0.25) is 5.82 Å². The largest absolute Gasteiger partial charge is 0.452 e. The molecule has 2 aromatic carbocycles. The monoisotopic (exact) mass is 451 g/mol. The zero-order valence-electron chi connectivity index (χ0n) is 17.2. The molecule has 4 aromatic rings. The van der Waals surface area contributed by atoms with Gasteiger partial charge in [-0.2, -0.15) is 0 Å². The SMILES string of the molecule is COC(=O)N(C)c1ccc(NC(=O)c2nc(-c3cccs3)n(-c3cccc(F)c3)n2)cc1. The number of carbonyl (C=O) groups is 2. The van der Waals surface area contributed by atoms with Crippen LogP contribution in [0.25, 0.3) is 16.4 Å². The third kappa shape index (κ3) is 4.35. The highest BCUT2D eigenvalue weighted by atomic mass is 32.1. The lowest BCUT2D eigenvalue weighted by Crippen LogP contribution is -2.25. The summed E-state index contributed by atoms with van der Waals surface area (Å²) in [5.41, 5.74) is 1.55. The number of carbonyl (C=O) groups excluding carboxylic acids is 2. The predicted octanol–water partition coefficient (Wildman–Crippen LogP) is 4.59. The minimum absolute atomic E-state index is 0.0617. The molecule has 1 N–H and O–H groups in total. The number of halogens is 1. The summed E-state index contributed by atoms with van der Waals surface area (Å²) in [5.74, 6) is -0.565. The number of hydrogen-bond donors (Lipinski definition) is 1. The molecule has 10 heteroatoms. The van der Waals surface area contributed by atoms with Crippen LogP contribution in [0.15, 0.2) is 66.0 Å². The Balaban J connectivity index is 1.60. The van der Waals surface area contributed by atoms with Crippen LogP contribution in [0.1, 0.15) is 10.6 Å². The molecular weight excluding hydrogens is 433 g/mol. The number of hydrogen-bond acceptors (Lipinski definition) is 6. The van der Waals surface area contributed by atoms with Crippen molar-refractivity contribution >= 4 is 34.7 Å². The molecule has 32 heavy (non-hydrogen) atoms. The highest BCUT2D eigenvalue weighted by Gasteiger charge is 2.20. The summed E-state index contributed by atoms with van der Waals surface area (Å²) in [6.45, 7) is 0. The van der Waals surface area contributed by atoms with E-state index in [4.69, 9.17) is 0 Å². The highest BCUT2D eigenvalue weighted by Crippen LogP contribution is 2.26. The molecule has 0 atom stereocenters. The lowest BCUT2D eigenvalue weighted by molar-refractivity contribution is 0.101. The number of thiophene rings is 1. The van der Waals surface area contributed by atoms with E-state index in [1.54, 1.807) is 43.4 Å². The van der Waals surface area contributed by atoms with Gasteiger partial charge in [0, 0.05) is 18.4 Å². The van der Waals surface area contributed by atoms with Crippen LogP contribution in [0.5, 0.6) is 0 Å². The molecule has 0 unspecified atom stereocenters. The molecule has 0 fully saturated rings. The van der Waals surface area contributed by atoms with Gasteiger partial charge in [0.1, 0.15) is 5.82 Å². The third-order valence-corrected chi connectivity index (χ3v) is 5.43. The fourth-order valence-electron chi connectivity index (χ4n) is 2.96. The Bertz CT molecular complexity index is 1260. The van der Waals surface area contributed by atoms with Crippen LogP contribution in [-0.4, -0.2) is 40.9 Å². The van der Waals surface area contributed by atoms with Crippen LogP contribution in [0, 0.1) is 5.82 Å². The Kier molecular flexibility index (Phi) is 5.95. The Morgan fingerprint density at radius 1 is 1.12 bits per heavy atom. The van der Waals surface area contributed by atoms with Gasteiger partial charge < -0.3 is 10.1 Å². The van der Waals surface area contributed by atoms with Crippen LogP contribution in [0.2, 0.25) is 0 Å². The van der Waals surface area contributed by atoms with Crippen molar-refractivity contribution in [1.29, 1.82) is 0 Å². The molecule has 0 radical (unpaired) electrons. The maximum absolute atomic E-state index is 13.8. The van der Waals surface area contributed by atoms with Gasteiger partial charge in [-0.3, -0.25) is 9.69 Å². The number of rotatable bonds is 5. The van der Waals surface area contributed by atoms with Gasteiger partial charge in [-0.25, -0.2) is 18.9 Å². The van der Waals surface area contributed by atoms with Crippen LogP contribution < -0.4 is 10.2 Å². The minimum atomic E-state index is -0.521. The van der Waals surface area contributed by atoms with Gasteiger partial charge in [-0.15, -0.1) is 16.4 Å². The number of benzene rings is 2. The first kappa shape index (κ1) is 21.2. The Morgan fingerprint density at radius 3 is 2.56 bits per heavy atom. The van der Waals surface area contributed by atoms with E-state index in [0.717, 1.165) is 4.88 Å². The van der Waals surface area contributed by atoms with Crippen LogP contribution in [0.4, 0.5) is 20.6 Å². The molecule has 2 aromatic heterocycles. The number of nitrogens with one attached hydrogen (secondary N) is 1. The fraction of sp³-hybridized carbons (Fsp3) is 0.0909. The fourth-order valence-corrected chi connectivity index (χ4v) is 3.66. The third-order valence-electron chi connectivity index (χ3n) is 4.57. The molecule has 0 aliphatic rings. The molecule has 0 saturated heterocycles. The van der Waals surface area contributed by atoms with Gasteiger partial charge in [-0.05, 0) is 53.9 Å². The predicted molar refractivity (Wildman–Crippen MR) is 120 cm³/mol. The lowest BCUT2D eigenvalue weighted by atomic mass is 10.2. The van der Waals surface area contributed by atoms with Gasteiger partial charge in [0.05, 0.1) is 17.7 Å². The van der Waals surface area contributed by atoms with Gasteiger partial charge in [-0.1, -0.05) is 12.1 Å². The molecule has 0 bridgehead atoms. The van der Waals surface area contributed by atoms with Crippen molar-refractivity contribution in [1.82, 2.24) is 14.8 Å². The second-order valence-electron chi connectivity index (χ2n) is 6.66. The zero-order chi connectivity index (χ0) is 22.7. The van der Waals surface area contributed by atoms with E-state index < -0.39 is 17.8 Å². The smallest absolute Gasteiger partial charge is 0.413 e. The topological polar surface area (TPSA) is 89.4 Å². The molecular formula is C22H18FN5O3S. The number of nitrogens with zero attached hydrogens (tertiary/aromatic N) is 4. The average molecular weight is 451 g/mol. The lowest BCUT2D eigenvalue weighted by Gasteiger charge is -2.15. The van der Waals surface area contributed by atoms with E-state index in [-0.39, 0.29) is 5.82 Å². The van der Waals surface area contributed by atoms with Crippen LogP contribution >= 0.6 is 11.3 Å². The van der Waals surface area contributed by atoms with Crippen LogP contribution in [-0.2, 0) is 4.74 Å². The second-order valence-corrected chi connectivity index (χ2v) is 7.61. The Morgan fingerprint density at radius 2 is 1.91 bits per heavy atom. The summed E-state index contributed by atoms with van der Waals surface area (Å²) in [6, 6.07) is 16.3. The highest BCUT2D eigenvalue weighted by molar-refractivity contribution is 7.13. The standard InChI is InChI=1S/C22H18FN5O3S/c1-27(22(30)31-2)16-10-8-15(9-11-16)24-21(29)19-25-20(18-7-4-12-32-18)28(26-19)17-6-3-5-14(23)13-17/h3-13H,1-2H3,(H,24,29). The van der Waals surface area contributed by atoms with Crippen molar-refractivity contribution in [2.24, 2.45) is 0 Å². The molecule has 8 nitrogen and oxygen atoms in total. The number of methoxy groups -OCH3 is 1. The van der Waals surface area contributed by atoms with E-state index in [1.807, 2.05) is 17.5 Å². The summed E-state index contributed by atoms with van der Waals surface area (Å²) in [5, 5.41) is 8.93. The first-order valence-corrected chi connectivity index (χ1v) is 10.3. The summed E-state index contributed by atoms with van der Waals surface area (Å²) in [7, 11) is 2.88. The maximum atomic E-state index is 13.8. The van der Waals surface area contributed by atoms with Gasteiger partial charge in [0.25, 0.3) is 5.91 Å². The van der Waals surface area contributed by atoms with E-state index in [0.29, 0.717) is 22.9 Å². The molecule has 4 rings (SSSR count). The molecule has 0 spiro atoms. The molecule has 162 valence electrons. The molecule has 0 aliphatic heterocycles. The van der Waals surface area contributed by atoms with E-state index in [2.05, 4.69) is 20.1 Å². The molecule has 2 amide bonds. The van der Waals surface area contributed by atoms with E-state index >= 15 is 0 Å². The normalized spacial score (nSPS) is 10.6. The van der Waals surface area contributed by atoms with Crippen molar-refractivity contribution in [3.8, 4) is 16.4 Å². The average Bonchev–Trinajstić information content (AvgIpc) is 3.48. The first-order valence-electron chi connectivity index (χ1n) is 9.46. The second kappa shape index (κ2) is 8.98. The summed E-state index contributed by atoms with van der Waals surface area (Å²) >= 11 is 1.44. The van der Waals surface area contributed by atoms with E-state index in [9.17, 15) is 14.0 Å². The van der Waals surface area contributed by atoms with Crippen LogP contribution in [0.3, 0.4) is 0 Å². The quantitative estimate of drug-likeness (QED) is 0.479. The van der Waals surface area contributed by atoms with Crippen molar-refractivity contribution < 1.29 is 18.7 Å². The van der Waals surface area contributed by atoms with Crippen molar-refractivity contribution in [3.05, 3.63) is 77.7 Å². The maximum Gasteiger partial charge on any atom is 0.413 e. The summed E-state index contributed by atoms with van der Waals surface area (Å²) in [6.07, 6.45) is -0.505. The van der Waals surface area contributed by atoms with Crippen molar-refractivity contribution in [2.45, 2.75) is 0 Å². The number of anilines is 2. The summed E-state index contributed by atoms with van der Waals surface area (Å²) < 4.78 is 19.9. The van der Waals surface area contributed by atoms with Crippen molar-refractivity contribution in [3.63, 3.8) is 0 Å². The molecule has 0 saturated carbocycles. The number of ether oxygens (including phenoxy) is 1. The van der Waals surface area contributed by atoms with Gasteiger partial charge >= 0.3 is 6.09 Å². The molecule has 0 aliphatic carbocycles. The number of amides is 2. The zero-order valence-corrected chi connectivity index (χ0v) is 18.0. The Hall–Kier alpha value is -4.05. The number of aromatic nitrogens is 3.